The Hall–Kier alpha value is -4.18. The second kappa shape index (κ2) is 10.1. The number of anilines is 2. The largest absolute Gasteiger partial charge is 0.506 e. The molecule has 40 heavy (non-hydrogen) atoms. The van der Waals surface area contributed by atoms with Crippen LogP contribution in [0.15, 0.2) is 83.9 Å². The van der Waals surface area contributed by atoms with Crippen molar-refractivity contribution in [1.82, 2.24) is 0 Å². The van der Waals surface area contributed by atoms with E-state index in [0.29, 0.717) is 0 Å². The van der Waals surface area contributed by atoms with Crippen molar-refractivity contribution in [3.63, 3.8) is 0 Å². The van der Waals surface area contributed by atoms with Crippen molar-refractivity contribution >= 4 is 27.1 Å². The molecular formula is C30H28F2N2O5S. The van der Waals surface area contributed by atoms with E-state index < -0.39 is 38.8 Å². The Morgan fingerprint density at radius 3 is 2.60 bits per heavy atom. The predicted octanol–water partition coefficient (Wildman–Crippen LogP) is 6.11. The number of para-hydroxylation sites is 1. The molecule has 3 aromatic rings. The van der Waals surface area contributed by atoms with Crippen molar-refractivity contribution in [1.29, 1.82) is 0 Å². The van der Waals surface area contributed by atoms with Gasteiger partial charge in [0.1, 0.15) is 41.5 Å². The number of carbonyl (C=O) groups is 1. The highest BCUT2D eigenvalue weighted by Gasteiger charge is 2.48. The summed E-state index contributed by atoms with van der Waals surface area (Å²) in [5.74, 6) is -2.90. The lowest BCUT2D eigenvalue weighted by Crippen LogP contribution is -2.41. The van der Waals surface area contributed by atoms with Crippen molar-refractivity contribution in [2.75, 3.05) is 22.6 Å². The minimum absolute atomic E-state index is 0.0569. The van der Waals surface area contributed by atoms with E-state index in [1.807, 2.05) is 0 Å². The number of sulfone groups is 1. The first kappa shape index (κ1) is 27.4. The van der Waals surface area contributed by atoms with E-state index in [1.54, 1.807) is 13.8 Å². The second-order valence-electron chi connectivity index (χ2n) is 10.6. The number of nitrogens with one attached hydrogen (secondary N) is 1. The third kappa shape index (κ3) is 4.83. The van der Waals surface area contributed by atoms with Crippen LogP contribution in [-0.2, 0) is 9.84 Å². The van der Waals surface area contributed by atoms with Gasteiger partial charge in [0.05, 0.1) is 21.9 Å². The van der Waals surface area contributed by atoms with Gasteiger partial charge in [-0.1, -0.05) is 44.7 Å². The van der Waals surface area contributed by atoms with E-state index in [0.717, 1.165) is 17.0 Å². The van der Waals surface area contributed by atoms with Crippen LogP contribution in [0.25, 0.3) is 0 Å². The molecule has 10 heteroatoms. The molecule has 208 valence electrons. The normalized spacial score (nSPS) is 19.1. The number of carbonyl (C=O) groups excluding carboxylic acids is 1. The van der Waals surface area contributed by atoms with Gasteiger partial charge in [-0.2, -0.15) is 0 Å². The lowest BCUT2D eigenvalue weighted by Gasteiger charge is -2.37. The minimum atomic E-state index is -4.11. The van der Waals surface area contributed by atoms with Gasteiger partial charge in [-0.25, -0.2) is 17.2 Å². The molecule has 1 amide bonds. The Kier molecular flexibility index (Phi) is 6.91. The monoisotopic (exact) mass is 566 g/mol. The molecule has 7 nitrogen and oxygen atoms in total. The highest BCUT2D eigenvalue weighted by atomic mass is 32.2. The summed E-state index contributed by atoms with van der Waals surface area (Å²) < 4.78 is 64.3. The molecule has 5 rings (SSSR count). The van der Waals surface area contributed by atoms with Crippen LogP contribution in [0.4, 0.5) is 20.2 Å². The quantitative estimate of drug-likeness (QED) is 0.286. The number of phenolic OH excluding ortho intramolecular Hbond substituents is 1. The average Bonchev–Trinajstić information content (AvgIpc) is 3.02. The number of hydrogen-bond donors (Lipinski definition) is 2. The van der Waals surface area contributed by atoms with Crippen LogP contribution in [0.2, 0.25) is 0 Å². The van der Waals surface area contributed by atoms with Crippen LogP contribution < -0.4 is 15.0 Å². The number of hydrogen-bond acceptors (Lipinski definition) is 6. The molecule has 1 unspecified atom stereocenters. The van der Waals surface area contributed by atoms with Gasteiger partial charge >= 0.3 is 0 Å². The predicted molar refractivity (Wildman–Crippen MR) is 149 cm³/mol. The van der Waals surface area contributed by atoms with Gasteiger partial charge in [-0.15, -0.1) is 0 Å². The number of ether oxygens (including phenoxy) is 1. The Labute approximate surface area is 231 Å². The fourth-order valence-electron chi connectivity index (χ4n) is 5.35. The molecule has 2 aliphatic rings. The summed E-state index contributed by atoms with van der Waals surface area (Å²) in [5.41, 5.74) is -0.839. The van der Waals surface area contributed by atoms with Crippen LogP contribution in [-0.4, -0.2) is 31.8 Å². The molecular weight excluding hydrogens is 538 g/mol. The number of halogens is 2. The van der Waals surface area contributed by atoms with E-state index in [4.69, 9.17) is 4.74 Å². The van der Waals surface area contributed by atoms with Crippen LogP contribution in [0.1, 0.15) is 42.2 Å². The molecule has 0 saturated heterocycles. The highest BCUT2D eigenvalue weighted by molar-refractivity contribution is 7.95. The molecule has 0 saturated carbocycles. The summed E-state index contributed by atoms with van der Waals surface area (Å²) in [4.78, 5) is 15.0. The molecule has 0 bridgehead atoms. The van der Waals surface area contributed by atoms with Gasteiger partial charge < -0.3 is 15.2 Å². The third-order valence-corrected chi connectivity index (χ3v) is 9.19. The number of fused-ring (bicyclic) bond motifs is 1. The zero-order valence-corrected chi connectivity index (χ0v) is 22.8. The Morgan fingerprint density at radius 1 is 1.15 bits per heavy atom. The van der Waals surface area contributed by atoms with Gasteiger partial charge in [-0.3, -0.25) is 9.69 Å². The molecule has 3 aromatic carbocycles. The number of aromatic hydroxyl groups is 1. The third-order valence-electron chi connectivity index (χ3n) is 6.89. The summed E-state index contributed by atoms with van der Waals surface area (Å²) in [5, 5.41) is 13.9. The van der Waals surface area contributed by atoms with E-state index in [2.05, 4.69) is 11.9 Å². The zero-order valence-electron chi connectivity index (χ0n) is 21.9. The van der Waals surface area contributed by atoms with Crippen LogP contribution in [0.3, 0.4) is 0 Å². The number of phenols is 1. The molecule has 2 heterocycles. The van der Waals surface area contributed by atoms with Crippen LogP contribution >= 0.6 is 0 Å². The average molecular weight is 567 g/mol. The van der Waals surface area contributed by atoms with Crippen molar-refractivity contribution in [2.45, 2.75) is 26.3 Å². The number of allylic oxidation sites excluding steroid dienone is 1. The second-order valence-corrected chi connectivity index (χ2v) is 12.5. The smallest absolute Gasteiger partial charge is 0.262 e. The summed E-state index contributed by atoms with van der Waals surface area (Å²) in [6, 6.07) is 12.0. The lowest BCUT2D eigenvalue weighted by atomic mass is 9.88. The lowest BCUT2D eigenvalue weighted by molar-refractivity contribution is 0.0976. The minimum Gasteiger partial charge on any atom is -0.506 e. The maximum Gasteiger partial charge on any atom is 0.262 e. The number of amides is 1. The van der Waals surface area contributed by atoms with Gasteiger partial charge in [0.25, 0.3) is 5.91 Å². The van der Waals surface area contributed by atoms with E-state index in [-0.39, 0.29) is 63.4 Å². The summed E-state index contributed by atoms with van der Waals surface area (Å²) >= 11 is 0. The first-order valence-electron chi connectivity index (χ1n) is 12.6. The van der Waals surface area contributed by atoms with E-state index in [1.165, 1.54) is 54.6 Å². The van der Waals surface area contributed by atoms with Gasteiger partial charge in [0, 0.05) is 17.3 Å². The molecule has 0 aromatic heterocycles. The van der Waals surface area contributed by atoms with Gasteiger partial charge in [-0.05, 0) is 48.2 Å². The standard InChI is InChI=1S/C30H28F2N2O5S/c1-4-14-39-18-12-13-19(22(32)15-18)27-28-23(16-30(2,3)17-40(28,37)38)33-26-24(10-7-11-25(26)35)34(27)29(36)20-8-5-6-9-21(20)31/h4-13,15,27,33,35H,1,14,16-17H2,2-3H3. The van der Waals surface area contributed by atoms with Crippen LogP contribution in [0.5, 0.6) is 11.5 Å². The topological polar surface area (TPSA) is 95.9 Å². The first-order chi connectivity index (χ1) is 18.9. The van der Waals surface area contributed by atoms with Gasteiger partial charge in [0.2, 0.25) is 0 Å². The van der Waals surface area contributed by atoms with Crippen LogP contribution in [0, 0.1) is 17.0 Å². The Morgan fingerprint density at radius 2 is 1.90 bits per heavy atom. The zero-order chi connectivity index (χ0) is 28.8. The number of nitrogens with zero attached hydrogens (tertiary/aromatic N) is 1. The van der Waals surface area contributed by atoms with Crippen molar-refractivity contribution < 1.29 is 31.8 Å². The first-order valence-corrected chi connectivity index (χ1v) is 14.2. The summed E-state index contributed by atoms with van der Waals surface area (Å²) in [6.45, 7) is 7.27. The molecule has 2 N–H and O–H groups in total. The van der Waals surface area contributed by atoms with Crippen molar-refractivity contribution in [3.05, 3.63) is 107 Å². The molecule has 0 radical (unpaired) electrons. The van der Waals surface area contributed by atoms with Crippen molar-refractivity contribution in [2.24, 2.45) is 5.41 Å². The highest BCUT2D eigenvalue weighted by Crippen LogP contribution is 2.52. The SMILES string of the molecule is C=CCOc1ccc(C2C3=C(CC(C)(C)CS3(=O)=O)Nc3c(O)cccc3N2C(=O)c2ccccc2F)c(F)c1. The molecule has 0 aliphatic carbocycles. The maximum atomic E-state index is 15.9. The van der Waals surface area contributed by atoms with E-state index in [9.17, 15) is 22.7 Å². The molecule has 1 atom stereocenters. The van der Waals surface area contributed by atoms with Gasteiger partial charge in [0.15, 0.2) is 9.84 Å². The summed E-state index contributed by atoms with van der Waals surface area (Å²) in [6.07, 6.45) is 1.73. The number of benzene rings is 3. The Bertz CT molecular complexity index is 1670. The fraction of sp³-hybridized carbons (Fsp3) is 0.233. The van der Waals surface area contributed by atoms with E-state index >= 15 is 4.39 Å². The number of rotatable bonds is 5. The summed E-state index contributed by atoms with van der Waals surface area (Å²) in [7, 11) is -4.11. The molecule has 0 spiro atoms. The fourth-order valence-corrected chi connectivity index (χ4v) is 7.71. The Balaban J connectivity index is 1.85. The van der Waals surface area contributed by atoms with Crippen molar-refractivity contribution in [3.8, 4) is 11.5 Å². The molecule has 0 fully saturated rings. The molecule has 2 aliphatic heterocycles. The maximum absolute atomic E-state index is 15.9.